The van der Waals surface area contributed by atoms with Crippen molar-refractivity contribution < 1.29 is 4.39 Å². The summed E-state index contributed by atoms with van der Waals surface area (Å²) in [4.78, 5) is 0. The first kappa shape index (κ1) is 14.8. The molecule has 2 N–H and O–H groups in total. The maximum absolute atomic E-state index is 13.1. The topological polar surface area (TPSA) is 26.0 Å². The highest BCUT2D eigenvalue weighted by Gasteiger charge is 2.29. The Kier molecular flexibility index (Phi) is 5.23. The minimum absolute atomic E-state index is 0.265. The molecule has 106 valence electrons. The first-order valence-electron chi connectivity index (χ1n) is 7.28. The lowest BCUT2D eigenvalue weighted by Gasteiger charge is -2.35. The predicted octanol–water partition coefficient (Wildman–Crippen LogP) is 4.42. The van der Waals surface area contributed by atoms with Gasteiger partial charge in [0.15, 0.2) is 0 Å². The quantitative estimate of drug-likeness (QED) is 0.869. The molecule has 1 aliphatic carbocycles. The number of hydrogen-bond donors (Lipinski definition) is 1. The third-order valence-corrected chi connectivity index (χ3v) is 4.98. The van der Waals surface area contributed by atoms with E-state index in [1.807, 2.05) is 6.07 Å². The van der Waals surface area contributed by atoms with Gasteiger partial charge in [0.05, 0.1) is 0 Å². The molecule has 0 saturated heterocycles. The van der Waals surface area contributed by atoms with Crippen molar-refractivity contribution in [3.05, 3.63) is 34.6 Å². The van der Waals surface area contributed by atoms with E-state index in [-0.39, 0.29) is 5.82 Å². The van der Waals surface area contributed by atoms with Gasteiger partial charge in [-0.15, -0.1) is 0 Å². The molecule has 3 unspecified atom stereocenters. The number of rotatable bonds is 4. The van der Waals surface area contributed by atoms with Gasteiger partial charge in [-0.2, -0.15) is 0 Å². The van der Waals surface area contributed by atoms with Gasteiger partial charge in [0.2, 0.25) is 0 Å². The van der Waals surface area contributed by atoms with Crippen molar-refractivity contribution in [3.8, 4) is 0 Å². The van der Waals surface area contributed by atoms with Crippen LogP contribution < -0.4 is 5.73 Å². The molecule has 1 nitrogen and oxygen atoms in total. The Bertz CT molecular complexity index is 421. The molecule has 1 aromatic carbocycles. The van der Waals surface area contributed by atoms with E-state index in [4.69, 9.17) is 17.3 Å². The maximum Gasteiger partial charge on any atom is 0.124 e. The molecule has 0 aliphatic heterocycles. The zero-order valence-corrected chi connectivity index (χ0v) is 12.3. The van der Waals surface area contributed by atoms with Crippen LogP contribution in [-0.4, -0.2) is 6.54 Å². The fraction of sp³-hybridized carbons (Fsp3) is 0.625. The Hall–Kier alpha value is -0.600. The highest BCUT2D eigenvalue weighted by molar-refractivity contribution is 6.31. The summed E-state index contributed by atoms with van der Waals surface area (Å²) in [6.07, 6.45) is 5.92. The van der Waals surface area contributed by atoms with Gasteiger partial charge in [0.1, 0.15) is 5.82 Å². The summed E-state index contributed by atoms with van der Waals surface area (Å²) in [5.41, 5.74) is 6.96. The van der Waals surface area contributed by atoms with Gasteiger partial charge >= 0.3 is 0 Å². The van der Waals surface area contributed by atoms with E-state index in [1.165, 1.54) is 37.8 Å². The lowest BCUT2D eigenvalue weighted by molar-refractivity contribution is 0.180. The van der Waals surface area contributed by atoms with Crippen LogP contribution in [0.25, 0.3) is 0 Å². The standard InChI is InChI=1S/C16H23ClFN/c1-2-11-3-4-13(10-19)14(7-11)8-12-5-6-15(18)9-16(12)17/h5-6,9,11,13-14H,2-4,7-8,10,19H2,1H3. The molecule has 1 saturated carbocycles. The Balaban J connectivity index is 2.09. The molecule has 3 heteroatoms. The van der Waals surface area contributed by atoms with Crippen LogP contribution in [0.2, 0.25) is 5.02 Å². The van der Waals surface area contributed by atoms with Crippen LogP contribution >= 0.6 is 11.6 Å². The lowest BCUT2D eigenvalue weighted by atomic mass is 9.71. The molecule has 2 rings (SSSR count). The number of halogens is 2. The van der Waals surface area contributed by atoms with Crippen molar-refractivity contribution >= 4 is 11.6 Å². The average molecular weight is 284 g/mol. The summed E-state index contributed by atoms with van der Waals surface area (Å²) in [5, 5.41) is 0.550. The Morgan fingerprint density at radius 1 is 1.32 bits per heavy atom. The molecule has 0 bridgehead atoms. The third-order valence-electron chi connectivity index (χ3n) is 4.63. The van der Waals surface area contributed by atoms with Gasteiger partial charge < -0.3 is 5.73 Å². The van der Waals surface area contributed by atoms with Crippen molar-refractivity contribution in [3.63, 3.8) is 0 Å². The van der Waals surface area contributed by atoms with Crippen LogP contribution in [0.5, 0.6) is 0 Å². The van der Waals surface area contributed by atoms with E-state index in [0.717, 1.165) is 24.4 Å². The fourth-order valence-electron chi connectivity index (χ4n) is 3.32. The second-order valence-corrected chi connectivity index (χ2v) is 6.19. The zero-order valence-electron chi connectivity index (χ0n) is 11.5. The van der Waals surface area contributed by atoms with Crippen molar-refractivity contribution in [1.82, 2.24) is 0 Å². The monoisotopic (exact) mass is 283 g/mol. The number of hydrogen-bond acceptors (Lipinski definition) is 1. The van der Waals surface area contributed by atoms with Gasteiger partial charge in [-0.1, -0.05) is 37.4 Å². The van der Waals surface area contributed by atoms with E-state index < -0.39 is 0 Å². The molecule has 1 aliphatic rings. The molecule has 0 radical (unpaired) electrons. The summed E-state index contributed by atoms with van der Waals surface area (Å²) in [6.45, 7) is 3.01. The van der Waals surface area contributed by atoms with Crippen molar-refractivity contribution in [1.29, 1.82) is 0 Å². The van der Waals surface area contributed by atoms with E-state index in [2.05, 4.69) is 6.92 Å². The molecule has 0 aromatic heterocycles. The van der Waals surface area contributed by atoms with Crippen LogP contribution in [0.4, 0.5) is 4.39 Å². The minimum Gasteiger partial charge on any atom is -0.330 e. The molecule has 19 heavy (non-hydrogen) atoms. The molecular formula is C16H23ClFN. The van der Waals surface area contributed by atoms with E-state index in [0.29, 0.717) is 16.9 Å². The van der Waals surface area contributed by atoms with Crippen LogP contribution in [0.15, 0.2) is 18.2 Å². The Labute approximate surface area is 120 Å². The van der Waals surface area contributed by atoms with Crippen LogP contribution in [0.3, 0.4) is 0 Å². The molecule has 3 atom stereocenters. The average Bonchev–Trinajstić information content (AvgIpc) is 2.41. The van der Waals surface area contributed by atoms with Crippen molar-refractivity contribution in [2.75, 3.05) is 6.54 Å². The summed E-state index contributed by atoms with van der Waals surface area (Å²) in [6, 6.07) is 4.73. The SMILES string of the molecule is CCC1CCC(CN)C(Cc2ccc(F)cc2Cl)C1. The van der Waals surface area contributed by atoms with Crippen molar-refractivity contribution in [2.24, 2.45) is 23.5 Å². The second kappa shape index (κ2) is 6.71. The fourth-order valence-corrected chi connectivity index (χ4v) is 3.57. The van der Waals surface area contributed by atoms with E-state index >= 15 is 0 Å². The van der Waals surface area contributed by atoms with Crippen molar-refractivity contribution in [2.45, 2.75) is 39.0 Å². The Morgan fingerprint density at radius 2 is 2.11 bits per heavy atom. The summed E-state index contributed by atoms with van der Waals surface area (Å²) in [7, 11) is 0. The molecule has 0 amide bonds. The first-order valence-corrected chi connectivity index (χ1v) is 7.65. The van der Waals surface area contributed by atoms with Gasteiger partial charge in [0.25, 0.3) is 0 Å². The highest BCUT2D eigenvalue weighted by Crippen LogP contribution is 2.37. The molecule has 1 fully saturated rings. The van der Waals surface area contributed by atoms with E-state index in [9.17, 15) is 4.39 Å². The first-order chi connectivity index (χ1) is 9.13. The lowest BCUT2D eigenvalue weighted by Crippen LogP contribution is -2.31. The molecule has 1 aromatic rings. The predicted molar refractivity (Wildman–Crippen MR) is 78.8 cm³/mol. The largest absolute Gasteiger partial charge is 0.330 e. The summed E-state index contributed by atoms with van der Waals surface area (Å²) < 4.78 is 13.1. The minimum atomic E-state index is -0.265. The van der Waals surface area contributed by atoms with Gasteiger partial charge in [-0.05, 0) is 61.3 Å². The van der Waals surface area contributed by atoms with Crippen LogP contribution in [-0.2, 0) is 6.42 Å². The smallest absolute Gasteiger partial charge is 0.124 e. The summed E-state index contributed by atoms with van der Waals surface area (Å²) >= 11 is 6.14. The van der Waals surface area contributed by atoms with Gasteiger partial charge in [-0.25, -0.2) is 4.39 Å². The number of benzene rings is 1. The molecule has 0 heterocycles. The maximum atomic E-state index is 13.1. The third kappa shape index (κ3) is 3.70. The number of nitrogens with two attached hydrogens (primary N) is 1. The highest BCUT2D eigenvalue weighted by atomic mass is 35.5. The zero-order chi connectivity index (χ0) is 13.8. The Morgan fingerprint density at radius 3 is 2.74 bits per heavy atom. The summed E-state index contributed by atoms with van der Waals surface area (Å²) in [5.74, 6) is 1.72. The van der Waals surface area contributed by atoms with Gasteiger partial charge in [0, 0.05) is 5.02 Å². The normalized spacial score (nSPS) is 27.5. The van der Waals surface area contributed by atoms with Gasteiger partial charge in [-0.3, -0.25) is 0 Å². The second-order valence-electron chi connectivity index (χ2n) is 5.78. The molecular weight excluding hydrogens is 261 g/mol. The molecule has 0 spiro atoms. The van der Waals surface area contributed by atoms with Crippen LogP contribution in [0, 0.1) is 23.6 Å². The van der Waals surface area contributed by atoms with Crippen LogP contribution in [0.1, 0.15) is 38.2 Å². The van der Waals surface area contributed by atoms with E-state index in [1.54, 1.807) is 0 Å².